The minimum absolute atomic E-state index is 0.148. The lowest BCUT2D eigenvalue weighted by Gasteiger charge is -2.12. The molecule has 0 aliphatic heterocycles. The zero-order valence-corrected chi connectivity index (χ0v) is 13.2. The predicted molar refractivity (Wildman–Crippen MR) is 89.5 cm³/mol. The van der Waals surface area contributed by atoms with E-state index in [9.17, 15) is 18.0 Å². The average molecular weight is 353 g/mol. The van der Waals surface area contributed by atoms with Gasteiger partial charge in [-0.25, -0.2) is 0 Å². The molecule has 0 unspecified atom stereocenters. The zero-order valence-electron chi connectivity index (χ0n) is 12.4. The molecule has 4 N–H and O–H groups in total. The molecule has 0 heterocycles. The molecule has 0 aromatic heterocycles. The fourth-order valence-electron chi connectivity index (χ4n) is 1.93. The van der Waals surface area contributed by atoms with E-state index in [0.717, 1.165) is 12.1 Å². The molecule has 0 atom stereocenters. The Morgan fingerprint density at radius 3 is 2.38 bits per heavy atom. The fourth-order valence-corrected chi connectivity index (χ4v) is 2.12. The first-order valence-corrected chi connectivity index (χ1v) is 7.27. The van der Waals surface area contributed by atoms with Gasteiger partial charge in [-0.2, -0.15) is 13.2 Å². The second kappa shape index (κ2) is 7.31. The maximum absolute atomic E-state index is 12.7. The first kappa shape index (κ1) is 17.7. The van der Waals surface area contributed by atoms with Crippen LogP contribution in [-0.2, 0) is 12.7 Å². The SMILES string of the molecule is NC(=O)c1ccc(NC(=S)NCc2cccc(C(F)(F)F)c2)cc1. The zero-order chi connectivity index (χ0) is 17.7. The molecule has 0 saturated carbocycles. The molecule has 0 spiro atoms. The Hall–Kier alpha value is -2.61. The molecule has 1 amide bonds. The highest BCUT2D eigenvalue weighted by molar-refractivity contribution is 7.80. The largest absolute Gasteiger partial charge is 0.416 e. The van der Waals surface area contributed by atoms with Crippen molar-refractivity contribution in [1.29, 1.82) is 0 Å². The summed E-state index contributed by atoms with van der Waals surface area (Å²) in [5.41, 5.74) is 5.88. The van der Waals surface area contributed by atoms with Crippen molar-refractivity contribution in [1.82, 2.24) is 5.32 Å². The number of amides is 1. The molecule has 0 fully saturated rings. The molecule has 0 radical (unpaired) electrons. The van der Waals surface area contributed by atoms with Gasteiger partial charge in [-0.05, 0) is 54.2 Å². The Morgan fingerprint density at radius 1 is 1.12 bits per heavy atom. The average Bonchev–Trinajstić information content (AvgIpc) is 2.53. The highest BCUT2D eigenvalue weighted by Crippen LogP contribution is 2.29. The number of carbonyl (C=O) groups is 1. The molecular weight excluding hydrogens is 339 g/mol. The highest BCUT2D eigenvalue weighted by Gasteiger charge is 2.30. The number of benzene rings is 2. The van der Waals surface area contributed by atoms with Gasteiger partial charge in [-0.1, -0.05) is 12.1 Å². The van der Waals surface area contributed by atoms with Gasteiger partial charge in [0.05, 0.1) is 5.56 Å². The predicted octanol–water partition coefficient (Wildman–Crippen LogP) is 3.29. The lowest BCUT2D eigenvalue weighted by Crippen LogP contribution is -2.28. The second-order valence-corrected chi connectivity index (χ2v) is 5.36. The second-order valence-electron chi connectivity index (χ2n) is 4.95. The van der Waals surface area contributed by atoms with E-state index in [1.165, 1.54) is 6.07 Å². The smallest absolute Gasteiger partial charge is 0.366 e. The van der Waals surface area contributed by atoms with E-state index in [2.05, 4.69) is 10.6 Å². The number of nitrogens with two attached hydrogens (primary N) is 1. The van der Waals surface area contributed by atoms with Crippen LogP contribution in [0.5, 0.6) is 0 Å². The van der Waals surface area contributed by atoms with Crippen LogP contribution in [0.25, 0.3) is 0 Å². The van der Waals surface area contributed by atoms with Crippen LogP contribution < -0.4 is 16.4 Å². The molecule has 2 rings (SSSR count). The maximum Gasteiger partial charge on any atom is 0.416 e. The van der Waals surface area contributed by atoms with Crippen LogP contribution in [-0.4, -0.2) is 11.0 Å². The first-order valence-electron chi connectivity index (χ1n) is 6.86. The van der Waals surface area contributed by atoms with Crippen molar-refractivity contribution in [3.05, 3.63) is 65.2 Å². The van der Waals surface area contributed by atoms with Gasteiger partial charge in [0.2, 0.25) is 5.91 Å². The number of primary amides is 1. The number of halogens is 3. The van der Waals surface area contributed by atoms with Gasteiger partial charge < -0.3 is 16.4 Å². The minimum Gasteiger partial charge on any atom is -0.366 e. The van der Waals surface area contributed by atoms with Crippen molar-refractivity contribution in [3.63, 3.8) is 0 Å². The molecule has 0 saturated heterocycles. The molecule has 2 aromatic carbocycles. The Morgan fingerprint density at radius 2 is 1.79 bits per heavy atom. The molecular formula is C16H14F3N3OS. The summed E-state index contributed by atoms with van der Waals surface area (Å²) in [5, 5.41) is 5.94. The van der Waals surface area contributed by atoms with E-state index in [-0.39, 0.29) is 11.7 Å². The number of anilines is 1. The van der Waals surface area contributed by atoms with Crippen LogP contribution in [0.3, 0.4) is 0 Å². The van der Waals surface area contributed by atoms with E-state index >= 15 is 0 Å². The van der Waals surface area contributed by atoms with Gasteiger partial charge in [-0.3, -0.25) is 4.79 Å². The van der Waals surface area contributed by atoms with Crippen molar-refractivity contribution in [2.75, 3.05) is 5.32 Å². The molecule has 0 bridgehead atoms. The van der Waals surface area contributed by atoms with Crippen molar-refractivity contribution >= 4 is 28.9 Å². The Kier molecular flexibility index (Phi) is 5.40. The third kappa shape index (κ3) is 4.95. The van der Waals surface area contributed by atoms with Gasteiger partial charge in [-0.15, -0.1) is 0 Å². The van der Waals surface area contributed by atoms with E-state index in [1.54, 1.807) is 30.3 Å². The fraction of sp³-hybridized carbons (Fsp3) is 0.125. The Balaban J connectivity index is 1.92. The summed E-state index contributed by atoms with van der Waals surface area (Å²) in [6.45, 7) is 0.148. The van der Waals surface area contributed by atoms with Gasteiger partial charge in [0, 0.05) is 17.8 Å². The first-order chi connectivity index (χ1) is 11.3. The summed E-state index contributed by atoms with van der Waals surface area (Å²) in [5.74, 6) is -0.535. The summed E-state index contributed by atoms with van der Waals surface area (Å²) < 4.78 is 38.0. The topological polar surface area (TPSA) is 67.2 Å². The molecule has 0 aliphatic rings. The van der Waals surface area contributed by atoms with Crippen molar-refractivity contribution in [2.24, 2.45) is 5.73 Å². The van der Waals surface area contributed by atoms with Gasteiger partial charge in [0.25, 0.3) is 0 Å². The van der Waals surface area contributed by atoms with E-state index < -0.39 is 17.6 Å². The molecule has 126 valence electrons. The molecule has 0 aliphatic carbocycles. The third-order valence-corrected chi connectivity index (χ3v) is 3.38. The Labute approximate surface area is 141 Å². The summed E-state index contributed by atoms with van der Waals surface area (Å²) in [7, 11) is 0. The number of nitrogens with one attached hydrogen (secondary N) is 2. The van der Waals surface area contributed by atoms with Crippen LogP contribution in [0, 0.1) is 0 Å². The summed E-state index contributed by atoms with van der Waals surface area (Å²) in [6, 6.07) is 11.3. The number of thiocarbonyl (C=S) groups is 1. The van der Waals surface area contributed by atoms with Crippen molar-refractivity contribution in [3.8, 4) is 0 Å². The number of alkyl halides is 3. The van der Waals surface area contributed by atoms with Crippen molar-refractivity contribution < 1.29 is 18.0 Å². The van der Waals surface area contributed by atoms with Crippen LogP contribution in [0.4, 0.5) is 18.9 Å². The molecule has 24 heavy (non-hydrogen) atoms. The van der Waals surface area contributed by atoms with Gasteiger partial charge >= 0.3 is 6.18 Å². The standard InChI is InChI=1S/C16H14F3N3OS/c17-16(18,19)12-3-1-2-10(8-12)9-21-15(24)22-13-6-4-11(5-7-13)14(20)23/h1-8H,9H2,(H2,20,23)(H2,21,22,24). The minimum atomic E-state index is -4.38. The normalized spacial score (nSPS) is 11.0. The lowest BCUT2D eigenvalue weighted by atomic mass is 10.1. The quantitative estimate of drug-likeness (QED) is 0.738. The van der Waals surface area contributed by atoms with Gasteiger partial charge in [0.15, 0.2) is 5.11 Å². The Bertz CT molecular complexity index is 745. The third-order valence-electron chi connectivity index (χ3n) is 3.13. The van der Waals surface area contributed by atoms with Crippen LogP contribution >= 0.6 is 12.2 Å². The number of carbonyl (C=O) groups excluding carboxylic acids is 1. The van der Waals surface area contributed by atoms with E-state index in [4.69, 9.17) is 18.0 Å². The van der Waals surface area contributed by atoms with E-state index in [1.807, 2.05) is 0 Å². The summed E-state index contributed by atoms with van der Waals surface area (Å²) in [4.78, 5) is 11.0. The monoisotopic (exact) mass is 353 g/mol. The number of hydrogen-bond donors (Lipinski definition) is 3. The van der Waals surface area contributed by atoms with Crippen molar-refractivity contribution in [2.45, 2.75) is 12.7 Å². The molecule has 2 aromatic rings. The number of rotatable bonds is 4. The molecule has 8 heteroatoms. The maximum atomic E-state index is 12.7. The van der Waals surface area contributed by atoms with Crippen LogP contribution in [0.15, 0.2) is 48.5 Å². The van der Waals surface area contributed by atoms with Crippen LogP contribution in [0.2, 0.25) is 0 Å². The summed E-state index contributed by atoms with van der Waals surface area (Å²) in [6.07, 6.45) is -4.38. The highest BCUT2D eigenvalue weighted by atomic mass is 32.1. The summed E-state index contributed by atoms with van der Waals surface area (Å²) >= 11 is 5.09. The van der Waals surface area contributed by atoms with Crippen LogP contribution in [0.1, 0.15) is 21.5 Å². The van der Waals surface area contributed by atoms with Gasteiger partial charge in [0.1, 0.15) is 0 Å². The lowest BCUT2D eigenvalue weighted by molar-refractivity contribution is -0.137. The van der Waals surface area contributed by atoms with E-state index in [0.29, 0.717) is 16.8 Å². The number of hydrogen-bond acceptors (Lipinski definition) is 2. The molecule has 4 nitrogen and oxygen atoms in total.